The Hall–Kier alpha value is -2.84. The van der Waals surface area contributed by atoms with Crippen LogP contribution >= 0.6 is 0 Å². The standard InChI is InChI=1S/C21H24N2O5S/c1-14-5-7-16(8-6-14)21-23-17(13-28-21)9-10-22-29(24,25)20-12-19(27-4)18(26-3)11-15(20)2/h5-8,11-13,22H,9-10H2,1-4H3. The molecule has 29 heavy (non-hydrogen) atoms. The van der Waals surface area contributed by atoms with Crippen molar-refractivity contribution in [3.05, 3.63) is 59.5 Å². The van der Waals surface area contributed by atoms with E-state index < -0.39 is 10.0 Å². The molecule has 0 saturated carbocycles. The number of ether oxygens (including phenoxy) is 2. The minimum Gasteiger partial charge on any atom is -0.493 e. The average Bonchev–Trinajstić information content (AvgIpc) is 3.16. The number of sulfonamides is 1. The van der Waals surface area contributed by atoms with Crippen LogP contribution in [0.4, 0.5) is 0 Å². The number of rotatable bonds is 8. The molecular weight excluding hydrogens is 392 g/mol. The van der Waals surface area contributed by atoms with Gasteiger partial charge in [-0.15, -0.1) is 0 Å². The quantitative estimate of drug-likeness (QED) is 0.604. The molecule has 0 atom stereocenters. The van der Waals surface area contributed by atoms with Gasteiger partial charge in [0.2, 0.25) is 15.9 Å². The van der Waals surface area contributed by atoms with Crippen molar-refractivity contribution in [2.75, 3.05) is 20.8 Å². The zero-order valence-electron chi connectivity index (χ0n) is 16.9. The Balaban J connectivity index is 1.68. The van der Waals surface area contributed by atoms with Gasteiger partial charge in [0.1, 0.15) is 6.26 Å². The molecular formula is C21H24N2O5S. The zero-order chi connectivity index (χ0) is 21.0. The third-order valence-electron chi connectivity index (χ3n) is 4.49. The number of aromatic nitrogens is 1. The van der Waals surface area contributed by atoms with Gasteiger partial charge < -0.3 is 13.9 Å². The van der Waals surface area contributed by atoms with Crippen molar-refractivity contribution in [1.29, 1.82) is 0 Å². The Morgan fingerprint density at radius 2 is 1.69 bits per heavy atom. The second kappa shape index (κ2) is 8.67. The second-order valence-corrected chi connectivity index (χ2v) is 8.37. The highest BCUT2D eigenvalue weighted by Gasteiger charge is 2.20. The molecule has 0 aliphatic carbocycles. The monoisotopic (exact) mass is 416 g/mol. The molecule has 0 amide bonds. The van der Waals surface area contributed by atoms with Gasteiger partial charge in [-0.25, -0.2) is 18.1 Å². The minimum atomic E-state index is -3.71. The summed E-state index contributed by atoms with van der Waals surface area (Å²) in [6.45, 7) is 3.91. The maximum Gasteiger partial charge on any atom is 0.240 e. The largest absolute Gasteiger partial charge is 0.493 e. The van der Waals surface area contributed by atoms with E-state index in [9.17, 15) is 8.42 Å². The van der Waals surface area contributed by atoms with E-state index in [4.69, 9.17) is 13.9 Å². The summed E-state index contributed by atoms with van der Waals surface area (Å²) in [5, 5.41) is 0. The number of aryl methyl sites for hydroxylation is 2. The molecule has 0 radical (unpaired) electrons. The van der Waals surface area contributed by atoms with Crippen molar-refractivity contribution in [2.45, 2.75) is 25.2 Å². The SMILES string of the molecule is COc1cc(C)c(S(=O)(=O)NCCc2coc(-c3ccc(C)cc3)n2)cc1OC. The van der Waals surface area contributed by atoms with Crippen molar-refractivity contribution < 1.29 is 22.3 Å². The molecule has 0 spiro atoms. The highest BCUT2D eigenvalue weighted by atomic mass is 32.2. The van der Waals surface area contributed by atoms with Gasteiger partial charge in [-0.2, -0.15) is 0 Å². The molecule has 3 aromatic rings. The molecule has 7 nitrogen and oxygen atoms in total. The van der Waals surface area contributed by atoms with Crippen LogP contribution in [-0.2, 0) is 16.4 Å². The Labute approximate surface area is 170 Å². The molecule has 0 unspecified atom stereocenters. The maximum atomic E-state index is 12.7. The van der Waals surface area contributed by atoms with Gasteiger partial charge in [-0.1, -0.05) is 17.7 Å². The first-order valence-corrected chi connectivity index (χ1v) is 10.6. The van der Waals surface area contributed by atoms with E-state index >= 15 is 0 Å². The van der Waals surface area contributed by atoms with Crippen LogP contribution in [0.5, 0.6) is 11.5 Å². The third kappa shape index (κ3) is 4.78. The summed E-state index contributed by atoms with van der Waals surface area (Å²) < 4.78 is 44.0. The van der Waals surface area contributed by atoms with Crippen LogP contribution in [-0.4, -0.2) is 34.2 Å². The summed E-state index contributed by atoms with van der Waals surface area (Å²) in [5.74, 6) is 1.35. The highest BCUT2D eigenvalue weighted by molar-refractivity contribution is 7.89. The summed E-state index contributed by atoms with van der Waals surface area (Å²) in [5.41, 5.74) is 3.27. The van der Waals surface area contributed by atoms with Crippen LogP contribution < -0.4 is 14.2 Å². The van der Waals surface area contributed by atoms with E-state index in [0.29, 0.717) is 35.1 Å². The molecule has 1 N–H and O–H groups in total. The van der Waals surface area contributed by atoms with E-state index in [-0.39, 0.29) is 11.4 Å². The van der Waals surface area contributed by atoms with Gasteiger partial charge >= 0.3 is 0 Å². The van der Waals surface area contributed by atoms with Crippen molar-refractivity contribution in [3.8, 4) is 23.0 Å². The fraction of sp³-hybridized carbons (Fsp3) is 0.286. The highest BCUT2D eigenvalue weighted by Crippen LogP contribution is 2.32. The van der Waals surface area contributed by atoms with Gasteiger partial charge in [-0.05, 0) is 37.6 Å². The van der Waals surface area contributed by atoms with Crippen molar-refractivity contribution in [3.63, 3.8) is 0 Å². The van der Waals surface area contributed by atoms with Gasteiger partial charge in [-0.3, -0.25) is 0 Å². The molecule has 8 heteroatoms. The van der Waals surface area contributed by atoms with Crippen LogP contribution in [0.15, 0.2) is 52.0 Å². The topological polar surface area (TPSA) is 90.7 Å². The number of methoxy groups -OCH3 is 2. The van der Waals surface area contributed by atoms with Crippen molar-refractivity contribution in [1.82, 2.24) is 9.71 Å². The number of hydrogen-bond donors (Lipinski definition) is 1. The fourth-order valence-electron chi connectivity index (χ4n) is 2.89. The summed E-state index contributed by atoms with van der Waals surface area (Å²) in [6, 6.07) is 10.9. The first-order chi connectivity index (χ1) is 13.8. The molecule has 0 bridgehead atoms. The fourth-order valence-corrected chi connectivity index (χ4v) is 4.16. The van der Waals surface area contributed by atoms with Crippen LogP contribution in [0.1, 0.15) is 16.8 Å². The third-order valence-corrected chi connectivity index (χ3v) is 6.10. The molecule has 0 saturated heterocycles. The van der Waals surface area contributed by atoms with Crippen molar-refractivity contribution in [2.24, 2.45) is 0 Å². The van der Waals surface area contributed by atoms with E-state index in [0.717, 1.165) is 11.1 Å². The smallest absolute Gasteiger partial charge is 0.240 e. The second-order valence-electron chi connectivity index (χ2n) is 6.63. The van der Waals surface area contributed by atoms with E-state index in [1.807, 2.05) is 31.2 Å². The Morgan fingerprint density at radius 3 is 2.34 bits per heavy atom. The molecule has 0 aliphatic heterocycles. The number of benzene rings is 2. The Bertz CT molecular complexity index is 1090. The van der Waals surface area contributed by atoms with E-state index in [1.165, 1.54) is 20.3 Å². The first-order valence-electron chi connectivity index (χ1n) is 9.08. The molecule has 0 aliphatic rings. The van der Waals surface area contributed by atoms with Gasteiger partial charge in [0.25, 0.3) is 0 Å². The molecule has 2 aromatic carbocycles. The first kappa shape index (κ1) is 20.9. The summed E-state index contributed by atoms with van der Waals surface area (Å²) in [4.78, 5) is 4.58. The number of nitrogens with one attached hydrogen (secondary N) is 1. The predicted molar refractivity (Wildman–Crippen MR) is 110 cm³/mol. The van der Waals surface area contributed by atoms with Crippen LogP contribution in [0, 0.1) is 13.8 Å². The lowest BCUT2D eigenvalue weighted by Gasteiger charge is -2.13. The summed E-state index contributed by atoms with van der Waals surface area (Å²) in [6.07, 6.45) is 1.95. The maximum absolute atomic E-state index is 12.7. The summed E-state index contributed by atoms with van der Waals surface area (Å²) in [7, 11) is -0.741. The van der Waals surface area contributed by atoms with Gasteiger partial charge in [0.15, 0.2) is 11.5 Å². The molecule has 0 fully saturated rings. The summed E-state index contributed by atoms with van der Waals surface area (Å²) >= 11 is 0. The molecule has 1 heterocycles. The zero-order valence-corrected chi connectivity index (χ0v) is 17.7. The average molecular weight is 416 g/mol. The predicted octanol–water partition coefficient (Wildman–Crippen LogP) is 3.50. The lowest BCUT2D eigenvalue weighted by Crippen LogP contribution is -2.26. The number of nitrogens with zero attached hydrogens (tertiary/aromatic N) is 1. The van der Waals surface area contributed by atoms with E-state index in [2.05, 4.69) is 9.71 Å². The van der Waals surface area contributed by atoms with E-state index in [1.54, 1.807) is 19.3 Å². The Morgan fingerprint density at radius 1 is 1.03 bits per heavy atom. The minimum absolute atomic E-state index is 0.149. The lowest BCUT2D eigenvalue weighted by molar-refractivity contribution is 0.353. The Kier molecular flexibility index (Phi) is 6.24. The number of oxazole rings is 1. The molecule has 154 valence electrons. The molecule has 3 rings (SSSR count). The van der Waals surface area contributed by atoms with Gasteiger partial charge in [0, 0.05) is 24.6 Å². The number of hydrogen-bond acceptors (Lipinski definition) is 6. The molecule has 1 aromatic heterocycles. The normalized spacial score (nSPS) is 11.4. The van der Waals surface area contributed by atoms with Crippen molar-refractivity contribution >= 4 is 10.0 Å². The van der Waals surface area contributed by atoms with Crippen LogP contribution in [0.25, 0.3) is 11.5 Å². The van der Waals surface area contributed by atoms with Crippen LogP contribution in [0.2, 0.25) is 0 Å². The lowest BCUT2D eigenvalue weighted by atomic mass is 10.1. The van der Waals surface area contributed by atoms with Gasteiger partial charge in [0.05, 0.1) is 24.8 Å². The van der Waals surface area contributed by atoms with Crippen LogP contribution in [0.3, 0.4) is 0 Å².